The van der Waals surface area contributed by atoms with Crippen molar-refractivity contribution in [2.24, 2.45) is 0 Å². The molecular weight excluding hydrogens is 434 g/mol. The van der Waals surface area contributed by atoms with Gasteiger partial charge < -0.3 is 14.5 Å². The van der Waals surface area contributed by atoms with Crippen molar-refractivity contribution in [3.05, 3.63) is 76.1 Å². The van der Waals surface area contributed by atoms with Crippen molar-refractivity contribution in [1.82, 2.24) is 9.38 Å². The van der Waals surface area contributed by atoms with Crippen molar-refractivity contribution < 1.29 is 14.3 Å². The number of anilines is 1. The van der Waals surface area contributed by atoms with Gasteiger partial charge in [0.05, 0.1) is 12.3 Å². The molecule has 7 heteroatoms. The van der Waals surface area contributed by atoms with Crippen LogP contribution in [-0.4, -0.2) is 27.9 Å². The first-order chi connectivity index (χ1) is 15.9. The van der Waals surface area contributed by atoms with Crippen molar-refractivity contribution >= 4 is 33.9 Å². The van der Waals surface area contributed by atoms with Gasteiger partial charge in [-0.1, -0.05) is 24.3 Å². The molecule has 0 radical (unpaired) electrons. The van der Waals surface area contributed by atoms with E-state index in [1.807, 2.05) is 60.2 Å². The third-order valence-electron chi connectivity index (χ3n) is 5.76. The minimum Gasteiger partial charge on any atom is -0.462 e. The van der Waals surface area contributed by atoms with E-state index in [4.69, 9.17) is 4.74 Å². The molecule has 0 spiro atoms. The van der Waals surface area contributed by atoms with Crippen molar-refractivity contribution in [1.29, 1.82) is 0 Å². The normalized spacial score (nSPS) is 11.0. The van der Waals surface area contributed by atoms with E-state index in [1.165, 1.54) is 16.9 Å². The molecule has 170 valence electrons. The fraction of sp³-hybridized carbons (Fsp3) is 0.269. The molecule has 0 saturated carbocycles. The topological polar surface area (TPSA) is 72.7 Å². The smallest absolute Gasteiger partial charge is 0.341 e. The van der Waals surface area contributed by atoms with Crippen LogP contribution in [-0.2, 0) is 16.0 Å². The summed E-state index contributed by atoms with van der Waals surface area (Å²) in [7, 11) is 0. The lowest BCUT2D eigenvalue weighted by atomic mass is 9.99. The maximum atomic E-state index is 12.8. The maximum absolute atomic E-state index is 12.8. The zero-order valence-corrected chi connectivity index (χ0v) is 20.1. The highest BCUT2D eigenvalue weighted by Crippen LogP contribution is 2.37. The number of carbonyl (C=O) groups is 2. The second kappa shape index (κ2) is 9.58. The minimum atomic E-state index is -0.431. The van der Waals surface area contributed by atoms with Crippen LogP contribution in [0.5, 0.6) is 0 Å². The molecule has 1 amide bonds. The number of benzene rings is 1. The van der Waals surface area contributed by atoms with Crippen LogP contribution < -0.4 is 5.32 Å². The van der Waals surface area contributed by atoms with Crippen LogP contribution in [0.4, 0.5) is 5.00 Å². The second-order valence-electron chi connectivity index (χ2n) is 7.99. The highest BCUT2D eigenvalue weighted by molar-refractivity contribution is 7.15. The summed E-state index contributed by atoms with van der Waals surface area (Å²) in [6, 6.07) is 11.9. The molecule has 0 aliphatic heterocycles. The van der Waals surface area contributed by atoms with Crippen LogP contribution >= 0.6 is 11.3 Å². The lowest BCUT2D eigenvalue weighted by Gasteiger charge is -2.10. The van der Waals surface area contributed by atoms with Gasteiger partial charge in [0.25, 0.3) is 0 Å². The number of fused-ring (bicyclic) bond motifs is 1. The van der Waals surface area contributed by atoms with Gasteiger partial charge in [-0.2, -0.15) is 0 Å². The third kappa shape index (κ3) is 4.68. The van der Waals surface area contributed by atoms with Crippen LogP contribution in [0.1, 0.15) is 46.2 Å². The first-order valence-corrected chi connectivity index (χ1v) is 11.9. The molecule has 0 aliphatic carbocycles. The zero-order valence-electron chi connectivity index (χ0n) is 19.3. The number of hydrogen-bond donors (Lipinski definition) is 1. The largest absolute Gasteiger partial charge is 0.462 e. The molecule has 6 nitrogen and oxygen atoms in total. The highest BCUT2D eigenvalue weighted by atomic mass is 32.1. The van der Waals surface area contributed by atoms with E-state index >= 15 is 0 Å². The predicted octanol–water partition coefficient (Wildman–Crippen LogP) is 5.74. The van der Waals surface area contributed by atoms with Gasteiger partial charge in [0.15, 0.2) is 0 Å². The van der Waals surface area contributed by atoms with Crippen LogP contribution in [0.3, 0.4) is 0 Å². The molecule has 33 heavy (non-hydrogen) atoms. The summed E-state index contributed by atoms with van der Waals surface area (Å²) in [4.78, 5) is 30.2. The Hall–Kier alpha value is -3.45. The second-order valence-corrected chi connectivity index (χ2v) is 8.87. The standard InChI is InChI=1S/C26H27N3O3S/c1-5-32-26(31)24-20(19-10-9-16(2)17(3)14-19)15-33-25(24)28-23(30)12-11-21-18(4)27-22-8-6-7-13-29(21)22/h6-10,13-15H,5,11-12H2,1-4H3,(H,28,30). The fourth-order valence-electron chi connectivity index (χ4n) is 3.86. The summed E-state index contributed by atoms with van der Waals surface area (Å²) in [5.41, 5.74) is 7.22. The van der Waals surface area contributed by atoms with Crippen molar-refractivity contribution in [3.8, 4) is 11.1 Å². The summed E-state index contributed by atoms with van der Waals surface area (Å²) in [6.45, 7) is 8.09. The average Bonchev–Trinajstić information content (AvgIpc) is 3.34. The molecule has 0 atom stereocenters. The van der Waals surface area contributed by atoms with Crippen LogP contribution in [0.15, 0.2) is 48.0 Å². The molecule has 3 aromatic heterocycles. The molecule has 0 bridgehead atoms. The predicted molar refractivity (Wildman–Crippen MR) is 132 cm³/mol. The van der Waals surface area contributed by atoms with E-state index in [-0.39, 0.29) is 18.9 Å². The molecule has 1 N–H and O–H groups in total. The quantitative estimate of drug-likeness (QED) is 0.357. The number of nitrogens with zero attached hydrogens (tertiary/aromatic N) is 2. The van der Waals surface area contributed by atoms with Gasteiger partial charge in [0.1, 0.15) is 16.2 Å². The van der Waals surface area contributed by atoms with Gasteiger partial charge in [0.2, 0.25) is 5.91 Å². The van der Waals surface area contributed by atoms with Gasteiger partial charge in [0, 0.05) is 29.3 Å². The number of rotatable bonds is 7. The Balaban J connectivity index is 1.57. The average molecular weight is 462 g/mol. The number of aryl methyl sites for hydroxylation is 4. The number of imidazole rings is 1. The lowest BCUT2D eigenvalue weighted by Crippen LogP contribution is -2.15. The first kappa shape index (κ1) is 22.7. The number of aromatic nitrogens is 2. The van der Waals surface area contributed by atoms with Crippen LogP contribution in [0, 0.1) is 20.8 Å². The number of hydrogen-bond acceptors (Lipinski definition) is 5. The van der Waals surface area contributed by atoms with Crippen molar-refractivity contribution in [2.75, 3.05) is 11.9 Å². The minimum absolute atomic E-state index is 0.153. The Bertz CT molecular complexity index is 1340. The van der Waals surface area contributed by atoms with Gasteiger partial charge in [-0.05, 0) is 62.9 Å². The summed E-state index contributed by atoms with van der Waals surface area (Å²) >= 11 is 1.34. The number of esters is 1. The van der Waals surface area contributed by atoms with Crippen LogP contribution in [0.2, 0.25) is 0 Å². The maximum Gasteiger partial charge on any atom is 0.341 e. The number of pyridine rings is 1. The first-order valence-electron chi connectivity index (χ1n) is 11.0. The molecule has 4 rings (SSSR count). The third-order valence-corrected chi connectivity index (χ3v) is 6.65. The number of thiophene rings is 1. The van der Waals surface area contributed by atoms with Gasteiger partial charge in [-0.15, -0.1) is 11.3 Å². The Morgan fingerprint density at radius 1 is 1.12 bits per heavy atom. The molecule has 0 aliphatic rings. The molecular formula is C26H27N3O3S. The Labute approximate surface area is 197 Å². The Morgan fingerprint density at radius 2 is 1.94 bits per heavy atom. The number of nitrogens with one attached hydrogen (secondary N) is 1. The highest BCUT2D eigenvalue weighted by Gasteiger charge is 2.23. The molecule has 4 aromatic rings. The molecule has 0 fully saturated rings. The number of amides is 1. The summed E-state index contributed by atoms with van der Waals surface area (Å²) < 4.78 is 7.32. The van der Waals surface area contributed by atoms with Gasteiger partial charge in [-0.3, -0.25) is 4.79 Å². The van der Waals surface area contributed by atoms with E-state index in [2.05, 4.69) is 23.3 Å². The fourth-order valence-corrected chi connectivity index (χ4v) is 4.84. The lowest BCUT2D eigenvalue weighted by molar-refractivity contribution is -0.116. The summed E-state index contributed by atoms with van der Waals surface area (Å²) in [5.74, 6) is -0.584. The van der Waals surface area contributed by atoms with E-state index in [9.17, 15) is 9.59 Å². The summed E-state index contributed by atoms with van der Waals surface area (Å²) in [6.07, 6.45) is 2.78. The van der Waals surface area contributed by atoms with E-state index in [0.29, 0.717) is 17.0 Å². The summed E-state index contributed by atoms with van der Waals surface area (Å²) in [5, 5.41) is 5.36. The molecule has 0 unspecified atom stereocenters. The zero-order chi connectivity index (χ0) is 23.5. The van der Waals surface area contributed by atoms with E-state index < -0.39 is 5.97 Å². The van der Waals surface area contributed by atoms with Gasteiger partial charge in [-0.25, -0.2) is 9.78 Å². The Morgan fingerprint density at radius 3 is 2.70 bits per heavy atom. The van der Waals surface area contributed by atoms with Crippen molar-refractivity contribution in [3.63, 3.8) is 0 Å². The van der Waals surface area contributed by atoms with E-state index in [1.54, 1.807) is 6.92 Å². The van der Waals surface area contributed by atoms with E-state index in [0.717, 1.165) is 33.7 Å². The molecule has 1 aromatic carbocycles. The monoisotopic (exact) mass is 461 g/mol. The van der Waals surface area contributed by atoms with Crippen LogP contribution in [0.25, 0.3) is 16.8 Å². The number of carbonyl (C=O) groups excluding carboxylic acids is 2. The van der Waals surface area contributed by atoms with Gasteiger partial charge >= 0.3 is 5.97 Å². The molecule has 3 heterocycles. The SMILES string of the molecule is CCOC(=O)c1c(-c2ccc(C)c(C)c2)csc1NC(=O)CCc1c(C)nc2ccccn12. The van der Waals surface area contributed by atoms with Crippen molar-refractivity contribution in [2.45, 2.75) is 40.5 Å². The Kier molecular flexibility index (Phi) is 6.60. The molecule has 0 saturated heterocycles. The number of ether oxygens (including phenoxy) is 1.